The van der Waals surface area contributed by atoms with Crippen molar-refractivity contribution in [1.29, 1.82) is 0 Å². The summed E-state index contributed by atoms with van der Waals surface area (Å²) in [6, 6.07) is 0. The van der Waals surface area contributed by atoms with Crippen LogP contribution in [0.25, 0.3) is 0 Å². The molecule has 90 valence electrons. The average molecular weight is 238 g/mol. The van der Waals surface area contributed by atoms with Gasteiger partial charge in [-0.3, -0.25) is 0 Å². The third kappa shape index (κ3) is 2.98. The molecule has 0 saturated carbocycles. The molecule has 0 bridgehead atoms. The SMILES string of the molecule is CC(C)C1COC(O[Si](C)(C)C)C1(F)F. The molecule has 0 spiro atoms. The van der Waals surface area contributed by atoms with Crippen molar-refractivity contribution in [2.45, 2.75) is 45.7 Å². The summed E-state index contributed by atoms with van der Waals surface area (Å²) in [5.74, 6) is -3.66. The Morgan fingerprint density at radius 2 is 1.87 bits per heavy atom. The maximum absolute atomic E-state index is 13.8. The van der Waals surface area contributed by atoms with E-state index in [0.717, 1.165) is 0 Å². The maximum atomic E-state index is 13.8. The molecule has 5 heteroatoms. The van der Waals surface area contributed by atoms with Crippen LogP contribution < -0.4 is 0 Å². The van der Waals surface area contributed by atoms with Crippen LogP contribution in [0.5, 0.6) is 0 Å². The zero-order valence-electron chi connectivity index (χ0n) is 10.0. The van der Waals surface area contributed by atoms with Gasteiger partial charge in [-0.05, 0) is 25.6 Å². The van der Waals surface area contributed by atoms with E-state index in [1.807, 2.05) is 19.6 Å². The second-order valence-corrected chi connectivity index (χ2v) is 9.88. The maximum Gasteiger partial charge on any atom is 0.302 e. The number of rotatable bonds is 3. The van der Waals surface area contributed by atoms with Crippen LogP contribution in [0.1, 0.15) is 13.8 Å². The van der Waals surface area contributed by atoms with Gasteiger partial charge >= 0.3 is 5.92 Å². The van der Waals surface area contributed by atoms with Crippen molar-refractivity contribution in [3.8, 4) is 0 Å². The lowest BCUT2D eigenvalue weighted by Gasteiger charge is -2.29. The molecular weight excluding hydrogens is 218 g/mol. The normalized spacial score (nSPS) is 31.2. The molecule has 2 atom stereocenters. The molecule has 15 heavy (non-hydrogen) atoms. The van der Waals surface area contributed by atoms with Gasteiger partial charge in [-0.15, -0.1) is 0 Å². The van der Waals surface area contributed by atoms with Gasteiger partial charge in [0, 0.05) is 0 Å². The molecule has 0 aliphatic carbocycles. The van der Waals surface area contributed by atoms with E-state index in [-0.39, 0.29) is 12.5 Å². The van der Waals surface area contributed by atoms with Crippen LogP contribution in [0, 0.1) is 11.8 Å². The third-order valence-electron chi connectivity index (χ3n) is 2.50. The van der Waals surface area contributed by atoms with Crippen LogP contribution in [0.2, 0.25) is 19.6 Å². The Hall–Kier alpha value is -0.00312. The first-order valence-electron chi connectivity index (χ1n) is 5.32. The average Bonchev–Trinajstić information content (AvgIpc) is 2.24. The highest BCUT2D eigenvalue weighted by Crippen LogP contribution is 2.42. The van der Waals surface area contributed by atoms with E-state index in [0.29, 0.717) is 0 Å². The third-order valence-corrected chi connectivity index (χ3v) is 3.42. The summed E-state index contributed by atoms with van der Waals surface area (Å²) in [7, 11) is -1.98. The fourth-order valence-corrected chi connectivity index (χ4v) is 2.53. The van der Waals surface area contributed by atoms with Gasteiger partial charge in [0.2, 0.25) is 6.29 Å². The molecule has 0 N–H and O–H groups in total. The number of halogens is 2. The van der Waals surface area contributed by atoms with Crippen LogP contribution >= 0.6 is 0 Å². The fraction of sp³-hybridized carbons (Fsp3) is 1.00. The smallest absolute Gasteiger partial charge is 0.302 e. The molecule has 1 rings (SSSR count). The fourth-order valence-electron chi connectivity index (χ4n) is 1.66. The Labute approximate surface area is 91.1 Å². The molecule has 0 radical (unpaired) electrons. The molecule has 1 heterocycles. The van der Waals surface area contributed by atoms with Gasteiger partial charge < -0.3 is 9.16 Å². The molecule has 1 aliphatic rings. The van der Waals surface area contributed by atoms with E-state index in [1.54, 1.807) is 13.8 Å². The van der Waals surface area contributed by atoms with Gasteiger partial charge in [0.05, 0.1) is 12.5 Å². The van der Waals surface area contributed by atoms with E-state index in [1.165, 1.54) is 0 Å². The summed E-state index contributed by atoms with van der Waals surface area (Å²) in [5.41, 5.74) is 0. The summed E-state index contributed by atoms with van der Waals surface area (Å²) in [6.07, 6.45) is -1.34. The van der Waals surface area contributed by atoms with Gasteiger partial charge in [0.15, 0.2) is 8.32 Å². The standard InChI is InChI=1S/C10H20F2O2Si/c1-7(2)8-6-13-9(10(8,11)12)14-15(3,4)5/h7-9H,6H2,1-5H3. The highest BCUT2D eigenvalue weighted by molar-refractivity contribution is 6.69. The van der Waals surface area contributed by atoms with Gasteiger partial charge in [0.1, 0.15) is 0 Å². The van der Waals surface area contributed by atoms with Crippen molar-refractivity contribution in [2.75, 3.05) is 6.61 Å². The second kappa shape index (κ2) is 4.11. The summed E-state index contributed by atoms with van der Waals surface area (Å²) in [4.78, 5) is 0. The first-order chi connectivity index (χ1) is 6.64. The molecule has 1 aliphatic heterocycles. The topological polar surface area (TPSA) is 18.5 Å². The quantitative estimate of drug-likeness (QED) is 0.703. The van der Waals surface area contributed by atoms with Crippen molar-refractivity contribution in [1.82, 2.24) is 0 Å². The van der Waals surface area contributed by atoms with E-state index in [9.17, 15) is 8.78 Å². The minimum Gasteiger partial charge on any atom is -0.389 e. The molecule has 2 unspecified atom stereocenters. The van der Waals surface area contributed by atoms with Crippen LogP contribution in [0.4, 0.5) is 8.78 Å². The number of hydrogen-bond donors (Lipinski definition) is 0. The molecule has 0 amide bonds. The van der Waals surface area contributed by atoms with E-state index in [2.05, 4.69) is 0 Å². The highest BCUT2D eigenvalue weighted by Gasteiger charge is 2.56. The zero-order valence-corrected chi connectivity index (χ0v) is 11.0. The largest absolute Gasteiger partial charge is 0.389 e. The summed E-state index contributed by atoms with van der Waals surface area (Å²) < 4.78 is 38.1. The summed E-state index contributed by atoms with van der Waals surface area (Å²) >= 11 is 0. The molecule has 0 aromatic carbocycles. The van der Waals surface area contributed by atoms with Gasteiger partial charge in [-0.2, -0.15) is 0 Å². The predicted molar refractivity (Wildman–Crippen MR) is 57.4 cm³/mol. The monoisotopic (exact) mass is 238 g/mol. The van der Waals surface area contributed by atoms with Crippen molar-refractivity contribution < 1.29 is 17.9 Å². The molecule has 1 saturated heterocycles. The van der Waals surface area contributed by atoms with Crippen LogP contribution in [-0.2, 0) is 9.16 Å². The summed E-state index contributed by atoms with van der Waals surface area (Å²) in [6.45, 7) is 9.33. The number of alkyl halides is 2. The first kappa shape index (κ1) is 13.1. The Morgan fingerprint density at radius 1 is 1.33 bits per heavy atom. The van der Waals surface area contributed by atoms with E-state index >= 15 is 0 Å². The van der Waals surface area contributed by atoms with Crippen molar-refractivity contribution in [3.05, 3.63) is 0 Å². The number of hydrogen-bond acceptors (Lipinski definition) is 2. The Bertz CT molecular complexity index is 226. The predicted octanol–water partition coefficient (Wildman–Crippen LogP) is 3.10. The molecular formula is C10H20F2O2Si. The minimum atomic E-state index is -2.85. The Kier molecular flexibility index (Phi) is 3.58. The lowest BCUT2D eigenvalue weighted by Crippen LogP contribution is -2.44. The Balaban J connectivity index is 2.71. The van der Waals surface area contributed by atoms with Crippen LogP contribution in [0.15, 0.2) is 0 Å². The Morgan fingerprint density at radius 3 is 2.20 bits per heavy atom. The van der Waals surface area contributed by atoms with Gasteiger partial charge in [-0.25, -0.2) is 8.78 Å². The zero-order chi connectivity index (χ0) is 11.9. The molecule has 0 aromatic heterocycles. The molecule has 0 aromatic rings. The van der Waals surface area contributed by atoms with E-state index in [4.69, 9.17) is 9.16 Å². The number of ether oxygens (including phenoxy) is 1. The molecule has 2 nitrogen and oxygen atoms in total. The first-order valence-corrected chi connectivity index (χ1v) is 8.72. The summed E-state index contributed by atoms with van der Waals surface area (Å²) in [5, 5.41) is 0. The van der Waals surface area contributed by atoms with Gasteiger partial charge in [-0.1, -0.05) is 13.8 Å². The van der Waals surface area contributed by atoms with Crippen LogP contribution in [0.3, 0.4) is 0 Å². The molecule has 1 fully saturated rings. The lowest BCUT2D eigenvalue weighted by atomic mass is 9.92. The lowest BCUT2D eigenvalue weighted by molar-refractivity contribution is -0.180. The highest BCUT2D eigenvalue weighted by atomic mass is 28.4. The van der Waals surface area contributed by atoms with Crippen molar-refractivity contribution >= 4 is 8.32 Å². The van der Waals surface area contributed by atoms with Crippen molar-refractivity contribution in [3.63, 3.8) is 0 Å². The van der Waals surface area contributed by atoms with Crippen molar-refractivity contribution in [2.24, 2.45) is 11.8 Å². The minimum absolute atomic E-state index is 0.0877. The van der Waals surface area contributed by atoms with Gasteiger partial charge in [0.25, 0.3) is 0 Å². The second-order valence-electron chi connectivity index (χ2n) is 5.42. The van der Waals surface area contributed by atoms with E-state index < -0.39 is 26.4 Å². The van der Waals surface area contributed by atoms with Crippen LogP contribution in [-0.4, -0.2) is 27.1 Å².